The molecule has 1 aliphatic carbocycles. The molecule has 0 N–H and O–H groups in total. The number of morpholine rings is 1. The monoisotopic (exact) mass is 363 g/mol. The number of halogens is 3. The average molecular weight is 363 g/mol. The fourth-order valence-electron chi connectivity index (χ4n) is 3.23. The highest BCUT2D eigenvalue weighted by atomic mass is 19.4. The Morgan fingerprint density at radius 2 is 1.77 bits per heavy atom. The number of ether oxygens (including phenoxy) is 1. The van der Waals surface area contributed by atoms with Crippen LogP contribution in [0.25, 0.3) is 6.08 Å². The van der Waals surface area contributed by atoms with Gasteiger partial charge in [-0.3, -0.25) is 4.79 Å². The van der Waals surface area contributed by atoms with Crippen LogP contribution in [0.15, 0.2) is 59.3 Å². The summed E-state index contributed by atoms with van der Waals surface area (Å²) in [5.74, 6) is -1.83. The lowest BCUT2D eigenvalue weighted by Crippen LogP contribution is -2.36. The minimum absolute atomic E-state index is 0.584. The highest BCUT2D eigenvalue weighted by Crippen LogP contribution is 2.36. The molecule has 138 valence electrons. The Labute approximate surface area is 150 Å². The molecule has 1 aromatic carbocycles. The van der Waals surface area contributed by atoms with E-state index in [2.05, 4.69) is 11.0 Å². The standard InChI is InChI=1S/C20H20F3NO2/c21-20(22,23)18(25)9-8-16-6-7-17(14-15-4-2-1-3-5-15)19(16)24-10-12-26-13-11-24/h1-5,8-9,14H,6-7,10-13H2/b9-8+,17-14?. The van der Waals surface area contributed by atoms with Gasteiger partial charge < -0.3 is 9.64 Å². The lowest BCUT2D eigenvalue weighted by atomic mass is 10.1. The van der Waals surface area contributed by atoms with E-state index in [0.29, 0.717) is 38.8 Å². The summed E-state index contributed by atoms with van der Waals surface area (Å²) in [6.45, 7) is 2.54. The molecule has 0 spiro atoms. The zero-order valence-corrected chi connectivity index (χ0v) is 14.3. The van der Waals surface area contributed by atoms with E-state index in [4.69, 9.17) is 4.74 Å². The van der Waals surface area contributed by atoms with Crippen molar-refractivity contribution in [1.29, 1.82) is 0 Å². The van der Waals surface area contributed by atoms with Crippen LogP contribution in [0, 0.1) is 0 Å². The van der Waals surface area contributed by atoms with Crippen molar-refractivity contribution in [3.05, 3.63) is 64.9 Å². The van der Waals surface area contributed by atoms with Gasteiger partial charge in [-0.1, -0.05) is 36.4 Å². The van der Waals surface area contributed by atoms with Crippen molar-refractivity contribution >= 4 is 11.9 Å². The molecule has 3 rings (SSSR count). The normalized spacial score (nSPS) is 20.4. The Morgan fingerprint density at radius 3 is 2.42 bits per heavy atom. The minimum Gasteiger partial charge on any atom is -0.378 e. The fraction of sp³-hybridized carbons (Fsp3) is 0.350. The van der Waals surface area contributed by atoms with Crippen LogP contribution in [-0.2, 0) is 9.53 Å². The summed E-state index contributed by atoms with van der Waals surface area (Å²) in [6.07, 6.45) is 0.552. The van der Waals surface area contributed by atoms with Crippen LogP contribution in [-0.4, -0.2) is 43.2 Å². The number of hydrogen-bond donors (Lipinski definition) is 0. The van der Waals surface area contributed by atoms with Gasteiger partial charge in [0.1, 0.15) is 0 Å². The summed E-state index contributed by atoms with van der Waals surface area (Å²) in [5, 5.41) is 0. The van der Waals surface area contributed by atoms with Gasteiger partial charge in [-0.25, -0.2) is 0 Å². The van der Waals surface area contributed by atoms with E-state index in [1.54, 1.807) is 0 Å². The third-order valence-electron chi connectivity index (χ3n) is 4.46. The van der Waals surface area contributed by atoms with E-state index >= 15 is 0 Å². The minimum atomic E-state index is -4.84. The van der Waals surface area contributed by atoms with Crippen molar-refractivity contribution < 1.29 is 22.7 Å². The molecule has 1 fully saturated rings. The Morgan fingerprint density at radius 1 is 1.08 bits per heavy atom. The van der Waals surface area contributed by atoms with Gasteiger partial charge >= 0.3 is 6.18 Å². The number of carbonyl (C=O) groups is 1. The second-order valence-corrected chi connectivity index (χ2v) is 6.25. The number of nitrogens with zero attached hydrogens (tertiary/aromatic N) is 1. The SMILES string of the molecule is O=C(/C=C/C1=C(N2CCOCC2)C(=Cc2ccccc2)CC1)C(F)(F)F. The zero-order chi connectivity index (χ0) is 18.6. The molecule has 1 aliphatic heterocycles. The molecule has 1 heterocycles. The molecule has 0 unspecified atom stereocenters. The number of rotatable bonds is 4. The smallest absolute Gasteiger partial charge is 0.378 e. The number of ketones is 1. The first kappa shape index (κ1) is 18.5. The van der Waals surface area contributed by atoms with E-state index in [9.17, 15) is 18.0 Å². The predicted octanol–water partition coefficient (Wildman–Crippen LogP) is 4.14. The third kappa shape index (κ3) is 4.43. The quantitative estimate of drug-likeness (QED) is 0.753. The van der Waals surface area contributed by atoms with Gasteiger partial charge in [-0.05, 0) is 41.7 Å². The highest BCUT2D eigenvalue weighted by Gasteiger charge is 2.36. The van der Waals surface area contributed by atoms with Gasteiger partial charge in [0, 0.05) is 18.8 Å². The summed E-state index contributed by atoms with van der Waals surface area (Å²) in [5.41, 5.74) is 3.83. The Hall–Kier alpha value is -2.34. The van der Waals surface area contributed by atoms with Crippen molar-refractivity contribution in [3.63, 3.8) is 0 Å². The number of alkyl halides is 3. The molecule has 0 bridgehead atoms. The molecule has 26 heavy (non-hydrogen) atoms. The summed E-state index contributed by atoms with van der Waals surface area (Å²) in [4.78, 5) is 13.3. The average Bonchev–Trinajstić information content (AvgIpc) is 3.03. The largest absolute Gasteiger partial charge is 0.454 e. The maximum atomic E-state index is 12.5. The number of allylic oxidation sites excluding steroid dienone is 4. The molecule has 0 aromatic heterocycles. The Bertz CT molecular complexity index is 742. The van der Waals surface area contributed by atoms with Gasteiger partial charge in [0.25, 0.3) is 5.78 Å². The summed E-state index contributed by atoms with van der Waals surface area (Å²) in [6, 6.07) is 9.81. The maximum absolute atomic E-state index is 12.5. The number of hydrogen-bond acceptors (Lipinski definition) is 3. The van der Waals surface area contributed by atoms with Crippen LogP contribution < -0.4 is 0 Å². The molecule has 2 aliphatic rings. The molecule has 0 saturated carbocycles. The first-order valence-corrected chi connectivity index (χ1v) is 8.56. The van der Waals surface area contributed by atoms with Crippen LogP contribution >= 0.6 is 0 Å². The van der Waals surface area contributed by atoms with Crippen molar-refractivity contribution in [2.75, 3.05) is 26.3 Å². The first-order valence-electron chi connectivity index (χ1n) is 8.56. The summed E-state index contributed by atoms with van der Waals surface area (Å²) >= 11 is 0. The molecule has 6 heteroatoms. The van der Waals surface area contributed by atoms with Crippen LogP contribution in [0.2, 0.25) is 0 Å². The summed E-state index contributed by atoms with van der Waals surface area (Å²) in [7, 11) is 0. The van der Waals surface area contributed by atoms with Crippen LogP contribution in [0.1, 0.15) is 18.4 Å². The lowest BCUT2D eigenvalue weighted by Gasteiger charge is -2.31. The summed E-state index contributed by atoms with van der Waals surface area (Å²) < 4.78 is 42.8. The van der Waals surface area contributed by atoms with Gasteiger partial charge in [-0.2, -0.15) is 13.2 Å². The van der Waals surface area contributed by atoms with Crippen LogP contribution in [0.4, 0.5) is 13.2 Å². The zero-order valence-electron chi connectivity index (χ0n) is 14.3. The highest BCUT2D eigenvalue weighted by molar-refractivity contribution is 5.94. The number of benzene rings is 1. The van der Waals surface area contributed by atoms with Crippen molar-refractivity contribution in [2.45, 2.75) is 19.0 Å². The van der Waals surface area contributed by atoms with Crippen molar-refractivity contribution in [1.82, 2.24) is 4.90 Å². The Kier molecular flexibility index (Phi) is 5.61. The molecular formula is C20H20F3NO2. The molecular weight excluding hydrogens is 343 g/mol. The molecule has 3 nitrogen and oxygen atoms in total. The van der Waals surface area contributed by atoms with Crippen LogP contribution in [0.5, 0.6) is 0 Å². The van der Waals surface area contributed by atoms with Crippen LogP contribution in [0.3, 0.4) is 0 Å². The van der Waals surface area contributed by atoms with E-state index < -0.39 is 12.0 Å². The molecule has 1 saturated heterocycles. The second-order valence-electron chi connectivity index (χ2n) is 6.25. The van der Waals surface area contributed by atoms with E-state index in [1.165, 1.54) is 6.08 Å². The lowest BCUT2D eigenvalue weighted by molar-refractivity contribution is -0.165. The topological polar surface area (TPSA) is 29.5 Å². The third-order valence-corrected chi connectivity index (χ3v) is 4.46. The maximum Gasteiger partial charge on any atom is 0.454 e. The van der Waals surface area contributed by atoms with Gasteiger partial charge in [-0.15, -0.1) is 0 Å². The van der Waals surface area contributed by atoms with Gasteiger partial charge in [0.15, 0.2) is 0 Å². The molecule has 0 radical (unpaired) electrons. The van der Waals surface area contributed by atoms with Gasteiger partial charge in [0.2, 0.25) is 0 Å². The fourth-order valence-corrected chi connectivity index (χ4v) is 3.23. The van der Waals surface area contributed by atoms with E-state index in [0.717, 1.165) is 28.8 Å². The Balaban J connectivity index is 1.93. The number of carbonyl (C=O) groups excluding carboxylic acids is 1. The van der Waals surface area contributed by atoms with E-state index in [-0.39, 0.29) is 0 Å². The first-order chi connectivity index (χ1) is 12.4. The van der Waals surface area contributed by atoms with Crippen molar-refractivity contribution in [3.8, 4) is 0 Å². The molecule has 0 amide bonds. The molecule has 0 atom stereocenters. The second kappa shape index (κ2) is 7.91. The predicted molar refractivity (Wildman–Crippen MR) is 93.3 cm³/mol. The molecule has 1 aromatic rings. The van der Waals surface area contributed by atoms with Gasteiger partial charge in [0.05, 0.1) is 13.2 Å². The van der Waals surface area contributed by atoms with E-state index in [1.807, 2.05) is 30.3 Å². The van der Waals surface area contributed by atoms with Crippen molar-refractivity contribution in [2.24, 2.45) is 0 Å².